The van der Waals surface area contributed by atoms with E-state index in [0.717, 1.165) is 121 Å². The Morgan fingerprint density at radius 2 is 0.628 bits per heavy atom. The average Bonchev–Trinajstić information content (AvgIpc) is 2.29. The molecule has 0 bridgehead atoms. The molecule has 0 fully saturated rings. The molecule has 0 aromatic carbocycles. The summed E-state index contributed by atoms with van der Waals surface area (Å²) in [5, 5.41) is 10.6. The van der Waals surface area contributed by atoms with E-state index in [9.17, 15) is 43.2 Å². The van der Waals surface area contributed by atoms with Gasteiger partial charge in [-0.1, -0.05) is 304 Å². The molecule has 0 aliphatic carbocycles. The van der Waals surface area contributed by atoms with Crippen LogP contribution in [0.5, 0.6) is 0 Å². The number of aliphatic hydroxyl groups excluding tert-OH is 1. The second-order valence-corrected chi connectivity index (χ2v) is 30.5. The number of aliphatic hydroxyl groups is 1. The van der Waals surface area contributed by atoms with Crippen LogP contribution in [-0.4, -0.2) is 96.7 Å². The minimum atomic E-state index is -4.97. The fourth-order valence-corrected chi connectivity index (χ4v) is 12.4. The van der Waals surface area contributed by atoms with Crippen LogP contribution < -0.4 is 0 Å². The van der Waals surface area contributed by atoms with Crippen LogP contribution in [-0.2, 0) is 65.4 Å². The Morgan fingerprint density at radius 3 is 0.947 bits per heavy atom. The maximum Gasteiger partial charge on any atom is 0.472 e. The van der Waals surface area contributed by atoms with E-state index < -0.39 is 97.5 Å². The molecular formula is C75H142O17P2. The minimum Gasteiger partial charge on any atom is -0.462 e. The van der Waals surface area contributed by atoms with Gasteiger partial charge in [-0.25, -0.2) is 9.13 Å². The third-order valence-corrected chi connectivity index (χ3v) is 19.0. The number of ether oxygens (including phenoxy) is 4. The lowest BCUT2D eigenvalue weighted by atomic mass is 9.99. The lowest BCUT2D eigenvalue weighted by Gasteiger charge is -2.21. The van der Waals surface area contributed by atoms with Crippen LogP contribution in [0.4, 0.5) is 0 Å². The second kappa shape index (κ2) is 65.2. The number of carbonyl (C=O) groups excluding carboxylic acids is 4. The molecule has 0 aromatic heterocycles. The van der Waals surface area contributed by atoms with Crippen molar-refractivity contribution in [1.29, 1.82) is 0 Å². The number of hydrogen-bond acceptors (Lipinski definition) is 15. The first-order chi connectivity index (χ1) is 45.3. The van der Waals surface area contributed by atoms with Crippen molar-refractivity contribution in [3.8, 4) is 0 Å². The Morgan fingerprint density at radius 1 is 0.351 bits per heavy atom. The van der Waals surface area contributed by atoms with Crippen LogP contribution in [0.1, 0.15) is 357 Å². The highest BCUT2D eigenvalue weighted by molar-refractivity contribution is 7.47. The van der Waals surface area contributed by atoms with Gasteiger partial charge >= 0.3 is 39.5 Å². The monoisotopic (exact) mass is 1380 g/mol. The minimum absolute atomic E-state index is 0.0848. The van der Waals surface area contributed by atoms with Crippen molar-refractivity contribution in [3.05, 3.63) is 24.3 Å². The molecule has 0 radical (unpaired) electrons. The SMILES string of the molecule is CCCCCC/C=C\C=C/CCCCCCCC(=O)O[C@H](COC(=O)CCCCCCCCCCCCCCCCCC(C)C)COP(=O)(O)OC[C@@H](O)COP(=O)(O)OC[C@@H](COC(=O)CCCCCCCCC(C)C)OC(=O)CCCCCCCCCCC(C)CC. The topological polar surface area (TPSA) is 237 Å². The molecule has 0 aliphatic heterocycles. The molecule has 0 saturated heterocycles. The molecule has 3 unspecified atom stereocenters. The summed E-state index contributed by atoms with van der Waals surface area (Å²) in [5.41, 5.74) is 0. The molecule has 94 heavy (non-hydrogen) atoms. The number of esters is 4. The van der Waals surface area contributed by atoms with Crippen molar-refractivity contribution in [2.24, 2.45) is 17.8 Å². The molecule has 0 saturated carbocycles. The highest BCUT2D eigenvalue weighted by Crippen LogP contribution is 2.45. The van der Waals surface area contributed by atoms with Gasteiger partial charge < -0.3 is 33.8 Å². The second-order valence-electron chi connectivity index (χ2n) is 27.5. The Kier molecular flexibility index (Phi) is 63.5. The van der Waals surface area contributed by atoms with Gasteiger partial charge in [0, 0.05) is 25.7 Å². The smallest absolute Gasteiger partial charge is 0.462 e. The maximum absolute atomic E-state index is 13.1. The summed E-state index contributed by atoms with van der Waals surface area (Å²) >= 11 is 0. The van der Waals surface area contributed by atoms with E-state index in [1.807, 2.05) is 0 Å². The number of phosphoric ester groups is 2. The van der Waals surface area contributed by atoms with Gasteiger partial charge in [0.2, 0.25) is 0 Å². The number of carbonyl (C=O) groups is 4. The first kappa shape index (κ1) is 91.5. The number of rotatable bonds is 71. The number of hydrogen-bond donors (Lipinski definition) is 3. The van der Waals surface area contributed by atoms with Crippen molar-refractivity contribution in [3.63, 3.8) is 0 Å². The zero-order valence-electron chi connectivity index (χ0n) is 60.9. The number of phosphoric acid groups is 2. The quantitative estimate of drug-likeness (QED) is 0.0169. The van der Waals surface area contributed by atoms with E-state index in [1.54, 1.807) is 0 Å². The van der Waals surface area contributed by atoms with Crippen LogP contribution in [0, 0.1) is 17.8 Å². The summed E-state index contributed by atoms with van der Waals surface area (Å²) in [7, 11) is -9.92. The van der Waals surface area contributed by atoms with Gasteiger partial charge in [0.25, 0.3) is 0 Å². The molecule has 0 aliphatic rings. The molecule has 17 nitrogen and oxygen atoms in total. The lowest BCUT2D eigenvalue weighted by molar-refractivity contribution is -0.161. The summed E-state index contributed by atoms with van der Waals surface area (Å²) in [4.78, 5) is 72.7. The summed E-state index contributed by atoms with van der Waals surface area (Å²) in [5.74, 6) is 0.0963. The summed E-state index contributed by atoms with van der Waals surface area (Å²) in [6.07, 6.45) is 53.7. The Labute approximate surface area is 573 Å². The first-order valence-corrected chi connectivity index (χ1v) is 41.2. The van der Waals surface area contributed by atoms with Gasteiger partial charge in [-0.3, -0.25) is 37.3 Å². The molecular weight excluding hydrogens is 1230 g/mol. The molecule has 6 atom stereocenters. The average molecular weight is 1380 g/mol. The molecule has 0 heterocycles. The third-order valence-electron chi connectivity index (χ3n) is 17.1. The van der Waals surface area contributed by atoms with Crippen molar-refractivity contribution in [2.75, 3.05) is 39.6 Å². The van der Waals surface area contributed by atoms with Gasteiger partial charge in [0.1, 0.15) is 19.3 Å². The van der Waals surface area contributed by atoms with E-state index in [0.29, 0.717) is 31.6 Å². The number of unbranched alkanes of at least 4 members (excludes halogenated alkanes) is 35. The molecule has 0 rings (SSSR count). The highest BCUT2D eigenvalue weighted by Gasteiger charge is 2.30. The molecule has 0 aromatic rings. The predicted octanol–water partition coefficient (Wildman–Crippen LogP) is 21.3. The fraction of sp³-hybridized carbons (Fsp3) is 0.893. The normalized spacial score (nSPS) is 14.6. The van der Waals surface area contributed by atoms with Crippen LogP contribution in [0.25, 0.3) is 0 Å². The van der Waals surface area contributed by atoms with Gasteiger partial charge in [-0.15, -0.1) is 0 Å². The molecule has 0 spiro atoms. The fourth-order valence-electron chi connectivity index (χ4n) is 10.9. The largest absolute Gasteiger partial charge is 0.472 e. The standard InChI is InChI=1S/C75H142O17P2/c1-8-10-11-12-13-14-15-16-18-23-26-29-35-44-51-58-74(79)91-70(62-85-72(77)56-49-42-34-28-25-22-20-17-19-21-24-27-32-39-46-53-66(3)4)64-89-93(81,82)87-60-69(76)61-88-94(83,84)90-65-71(63-86-73(78)57-50-43-38-37-40-47-54-67(5)6)92-75(80)59-52-45-36-31-30-33-41-48-55-68(7)9-2/h14-16,18,66-71,76H,8-13,17,19-65H2,1-7H3,(H,81,82)(H,83,84)/b15-14-,18-16-/t68?,69-,70-,71-/m1/s1. The van der Waals surface area contributed by atoms with Gasteiger partial charge in [0.15, 0.2) is 12.2 Å². The zero-order valence-corrected chi connectivity index (χ0v) is 62.7. The predicted molar refractivity (Wildman–Crippen MR) is 381 cm³/mol. The zero-order chi connectivity index (χ0) is 69.4. The molecule has 3 N–H and O–H groups in total. The Hall–Kier alpha value is -2.46. The van der Waals surface area contributed by atoms with Crippen LogP contribution >= 0.6 is 15.6 Å². The van der Waals surface area contributed by atoms with E-state index in [1.165, 1.54) is 148 Å². The Balaban J connectivity index is 5.26. The van der Waals surface area contributed by atoms with Gasteiger partial charge in [-0.2, -0.15) is 0 Å². The highest BCUT2D eigenvalue weighted by atomic mass is 31.2. The summed E-state index contributed by atoms with van der Waals surface area (Å²) in [6.45, 7) is 11.8. The van der Waals surface area contributed by atoms with Crippen LogP contribution in [0.3, 0.4) is 0 Å². The van der Waals surface area contributed by atoms with E-state index in [2.05, 4.69) is 72.8 Å². The van der Waals surface area contributed by atoms with Crippen LogP contribution in [0.2, 0.25) is 0 Å². The maximum atomic E-state index is 13.1. The number of allylic oxidation sites excluding steroid dienone is 4. The first-order valence-electron chi connectivity index (χ1n) is 38.2. The van der Waals surface area contributed by atoms with Gasteiger partial charge in [-0.05, 0) is 69.1 Å². The van der Waals surface area contributed by atoms with Crippen molar-refractivity contribution in [1.82, 2.24) is 0 Å². The van der Waals surface area contributed by atoms with Crippen molar-refractivity contribution >= 4 is 39.5 Å². The molecule has 0 amide bonds. The van der Waals surface area contributed by atoms with Crippen molar-refractivity contribution in [2.45, 2.75) is 375 Å². The van der Waals surface area contributed by atoms with Gasteiger partial charge in [0.05, 0.1) is 26.4 Å². The molecule has 19 heteroatoms. The summed E-state index contributed by atoms with van der Waals surface area (Å²) in [6, 6.07) is 0. The van der Waals surface area contributed by atoms with E-state index >= 15 is 0 Å². The van der Waals surface area contributed by atoms with Crippen LogP contribution in [0.15, 0.2) is 24.3 Å². The molecule has 554 valence electrons. The Bertz CT molecular complexity index is 1930. The summed E-state index contributed by atoms with van der Waals surface area (Å²) < 4.78 is 68.4. The van der Waals surface area contributed by atoms with E-state index in [-0.39, 0.29) is 25.7 Å². The van der Waals surface area contributed by atoms with Crippen molar-refractivity contribution < 1.29 is 80.2 Å². The lowest BCUT2D eigenvalue weighted by Crippen LogP contribution is -2.30. The third kappa shape index (κ3) is 66.8. The van der Waals surface area contributed by atoms with E-state index in [4.69, 9.17) is 37.0 Å².